The van der Waals surface area contributed by atoms with Crippen LogP contribution in [0.15, 0.2) is 0 Å². The maximum atomic E-state index is 12.0. The summed E-state index contributed by atoms with van der Waals surface area (Å²) < 4.78 is 0. The van der Waals surface area contributed by atoms with E-state index in [2.05, 4.69) is 5.32 Å². The Kier molecular flexibility index (Phi) is 5.14. The zero-order valence-electron chi connectivity index (χ0n) is 11.1. The molecule has 1 saturated carbocycles. The highest BCUT2D eigenvalue weighted by molar-refractivity contribution is 5.85. The third-order valence-electron chi connectivity index (χ3n) is 4.08. The quantitative estimate of drug-likeness (QED) is 0.666. The van der Waals surface area contributed by atoms with Crippen LogP contribution in [0.1, 0.15) is 46.0 Å². The Morgan fingerprint density at radius 3 is 2.28 bits per heavy atom. The standard InChI is InChI=1S/C13H23NO4/c1-3-13(18,4-2)8-14-11(15)9-6-5-7-10(9)12(16)17/h9-10,18H,3-8H2,1-2H3,(H,14,15)(H,16,17)/t9-,10+/m1/s1. The third kappa shape index (κ3) is 3.45. The van der Waals surface area contributed by atoms with E-state index in [0.29, 0.717) is 25.7 Å². The zero-order valence-corrected chi connectivity index (χ0v) is 11.1. The van der Waals surface area contributed by atoms with Crippen molar-refractivity contribution < 1.29 is 19.8 Å². The number of aliphatic carboxylic acids is 1. The summed E-state index contributed by atoms with van der Waals surface area (Å²) >= 11 is 0. The lowest BCUT2D eigenvalue weighted by Gasteiger charge is -2.26. The minimum absolute atomic E-state index is 0.196. The number of carbonyl (C=O) groups excluding carboxylic acids is 1. The molecule has 3 N–H and O–H groups in total. The fraction of sp³-hybridized carbons (Fsp3) is 0.846. The van der Waals surface area contributed by atoms with Crippen LogP contribution in [0.2, 0.25) is 0 Å². The van der Waals surface area contributed by atoms with Gasteiger partial charge in [0.1, 0.15) is 0 Å². The number of aliphatic hydroxyl groups is 1. The van der Waals surface area contributed by atoms with Crippen LogP contribution in [0.25, 0.3) is 0 Å². The van der Waals surface area contributed by atoms with Crippen molar-refractivity contribution in [2.24, 2.45) is 11.8 Å². The van der Waals surface area contributed by atoms with Gasteiger partial charge in [-0.1, -0.05) is 20.3 Å². The highest BCUT2D eigenvalue weighted by Gasteiger charge is 2.38. The summed E-state index contributed by atoms with van der Waals surface area (Å²) in [4.78, 5) is 23.0. The Hall–Kier alpha value is -1.10. The summed E-state index contributed by atoms with van der Waals surface area (Å²) in [5.41, 5.74) is -0.882. The lowest BCUT2D eigenvalue weighted by atomic mass is 9.93. The van der Waals surface area contributed by atoms with E-state index in [0.717, 1.165) is 6.42 Å². The predicted octanol–water partition coefficient (Wildman–Crippen LogP) is 1.15. The number of hydrogen-bond donors (Lipinski definition) is 3. The molecule has 2 atom stereocenters. The van der Waals surface area contributed by atoms with Crippen molar-refractivity contribution in [2.75, 3.05) is 6.54 Å². The molecule has 0 aromatic heterocycles. The molecule has 0 spiro atoms. The predicted molar refractivity (Wildman–Crippen MR) is 67.0 cm³/mol. The number of carboxylic acid groups (broad SMARTS) is 1. The molecule has 0 saturated heterocycles. The van der Waals surface area contributed by atoms with Crippen molar-refractivity contribution >= 4 is 11.9 Å². The molecule has 0 aromatic carbocycles. The maximum absolute atomic E-state index is 12.0. The van der Waals surface area contributed by atoms with Gasteiger partial charge < -0.3 is 15.5 Å². The first kappa shape index (κ1) is 15.0. The van der Waals surface area contributed by atoms with E-state index in [4.69, 9.17) is 5.11 Å². The van der Waals surface area contributed by atoms with E-state index in [9.17, 15) is 14.7 Å². The fourth-order valence-corrected chi connectivity index (χ4v) is 2.45. The summed E-state index contributed by atoms with van der Waals surface area (Å²) in [5.74, 6) is -2.14. The van der Waals surface area contributed by atoms with Gasteiger partial charge in [-0.05, 0) is 25.7 Å². The van der Waals surface area contributed by atoms with E-state index in [-0.39, 0.29) is 12.5 Å². The Bertz CT molecular complexity index is 312. The van der Waals surface area contributed by atoms with Crippen LogP contribution in [0, 0.1) is 11.8 Å². The van der Waals surface area contributed by atoms with Gasteiger partial charge in [0, 0.05) is 6.54 Å². The SMILES string of the molecule is CCC(O)(CC)CNC(=O)[C@@H]1CCC[C@@H]1C(=O)O. The molecular weight excluding hydrogens is 234 g/mol. The molecule has 0 aliphatic heterocycles. The molecule has 5 nitrogen and oxygen atoms in total. The van der Waals surface area contributed by atoms with Gasteiger partial charge in [0.15, 0.2) is 0 Å². The molecular formula is C13H23NO4. The summed E-state index contributed by atoms with van der Waals surface area (Å²) in [6.45, 7) is 3.93. The molecule has 5 heteroatoms. The summed E-state index contributed by atoms with van der Waals surface area (Å²) in [5, 5.41) is 21.8. The van der Waals surface area contributed by atoms with Gasteiger partial charge in [0.05, 0.1) is 17.4 Å². The lowest BCUT2D eigenvalue weighted by molar-refractivity contribution is -0.146. The number of carboxylic acids is 1. The van der Waals surface area contributed by atoms with Gasteiger partial charge >= 0.3 is 5.97 Å². The molecule has 1 rings (SSSR count). The van der Waals surface area contributed by atoms with Gasteiger partial charge in [-0.2, -0.15) is 0 Å². The van der Waals surface area contributed by atoms with E-state index in [1.54, 1.807) is 0 Å². The van der Waals surface area contributed by atoms with Crippen LogP contribution in [-0.4, -0.2) is 34.2 Å². The number of amides is 1. The first-order valence-corrected chi connectivity index (χ1v) is 6.66. The molecule has 18 heavy (non-hydrogen) atoms. The number of rotatable bonds is 6. The van der Waals surface area contributed by atoms with E-state index < -0.39 is 23.4 Å². The molecule has 0 radical (unpaired) electrons. The second kappa shape index (κ2) is 6.18. The van der Waals surface area contributed by atoms with Crippen LogP contribution in [0.5, 0.6) is 0 Å². The first-order chi connectivity index (χ1) is 8.43. The van der Waals surface area contributed by atoms with E-state index in [1.807, 2.05) is 13.8 Å². The average Bonchev–Trinajstić information content (AvgIpc) is 2.85. The number of carbonyl (C=O) groups is 2. The molecule has 0 bridgehead atoms. The smallest absolute Gasteiger partial charge is 0.307 e. The monoisotopic (exact) mass is 257 g/mol. The van der Waals surface area contributed by atoms with Crippen LogP contribution in [0.3, 0.4) is 0 Å². The van der Waals surface area contributed by atoms with Crippen molar-refractivity contribution in [3.63, 3.8) is 0 Å². The van der Waals surface area contributed by atoms with Gasteiger partial charge in [0.25, 0.3) is 0 Å². The summed E-state index contributed by atoms with van der Waals surface area (Å²) in [7, 11) is 0. The fourth-order valence-electron chi connectivity index (χ4n) is 2.45. The molecule has 1 fully saturated rings. The van der Waals surface area contributed by atoms with Crippen molar-refractivity contribution in [3.05, 3.63) is 0 Å². The van der Waals surface area contributed by atoms with Crippen molar-refractivity contribution in [1.29, 1.82) is 0 Å². The normalized spacial score (nSPS) is 23.9. The Morgan fingerprint density at radius 2 is 1.78 bits per heavy atom. The van der Waals surface area contributed by atoms with Crippen LogP contribution < -0.4 is 5.32 Å². The number of hydrogen-bond acceptors (Lipinski definition) is 3. The second-order valence-electron chi connectivity index (χ2n) is 5.13. The lowest BCUT2D eigenvalue weighted by Crippen LogP contribution is -2.45. The third-order valence-corrected chi connectivity index (χ3v) is 4.08. The van der Waals surface area contributed by atoms with Crippen molar-refractivity contribution in [3.8, 4) is 0 Å². The number of nitrogens with one attached hydrogen (secondary N) is 1. The first-order valence-electron chi connectivity index (χ1n) is 6.66. The zero-order chi connectivity index (χ0) is 13.8. The summed E-state index contributed by atoms with van der Waals surface area (Å²) in [6, 6.07) is 0. The molecule has 1 amide bonds. The maximum Gasteiger partial charge on any atom is 0.307 e. The van der Waals surface area contributed by atoms with Gasteiger partial charge in [0.2, 0.25) is 5.91 Å². The largest absolute Gasteiger partial charge is 0.481 e. The van der Waals surface area contributed by atoms with Crippen LogP contribution in [0.4, 0.5) is 0 Å². The molecule has 0 aromatic rings. The van der Waals surface area contributed by atoms with Crippen LogP contribution in [-0.2, 0) is 9.59 Å². The molecule has 1 aliphatic carbocycles. The molecule has 1 aliphatic rings. The minimum atomic E-state index is -0.895. The second-order valence-corrected chi connectivity index (χ2v) is 5.13. The Morgan fingerprint density at radius 1 is 1.22 bits per heavy atom. The van der Waals surface area contributed by atoms with Gasteiger partial charge in [-0.25, -0.2) is 0 Å². The Balaban J connectivity index is 2.53. The van der Waals surface area contributed by atoms with E-state index >= 15 is 0 Å². The minimum Gasteiger partial charge on any atom is -0.481 e. The van der Waals surface area contributed by atoms with Crippen molar-refractivity contribution in [1.82, 2.24) is 5.32 Å². The highest BCUT2D eigenvalue weighted by Crippen LogP contribution is 2.32. The molecule has 104 valence electrons. The Labute approximate surface area is 108 Å². The highest BCUT2D eigenvalue weighted by atomic mass is 16.4. The molecule has 0 unspecified atom stereocenters. The van der Waals surface area contributed by atoms with Gasteiger partial charge in [-0.15, -0.1) is 0 Å². The topological polar surface area (TPSA) is 86.6 Å². The summed E-state index contributed by atoms with van der Waals surface area (Å²) in [6.07, 6.45) is 3.10. The molecule has 0 heterocycles. The van der Waals surface area contributed by atoms with Crippen LogP contribution >= 0.6 is 0 Å². The average molecular weight is 257 g/mol. The van der Waals surface area contributed by atoms with E-state index in [1.165, 1.54) is 0 Å². The van der Waals surface area contributed by atoms with Crippen molar-refractivity contribution in [2.45, 2.75) is 51.6 Å². The van der Waals surface area contributed by atoms with Gasteiger partial charge in [-0.3, -0.25) is 9.59 Å².